The van der Waals surface area contributed by atoms with Gasteiger partial charge in [-0.3, -0.25) is 9.59 Å². The van der Waals surface area contributed by atoms with Crippen LogP contribution >= 0.6 is 0 Å². The van der Waals surface area contributed by atoms with Gasteiger partial charge in [-0.25, -0.2) is 0 Å². The number of likely N-dealkylation sites (tertiary alicyclic amines) is 1. The van der Waals surface area contributed by atoms with Gasteiger partial charge in [-0.2, -0.15) is 0 Å². The van der Waals surface area contributed by atoms with Crippen LogP contribution in [0, 0.1) is 5.92 Å². The van der Waals surface area contributed by atoms with Crippen LogP contribution < -0.4 is 10.1 Å². The van der Waals surface area contributed by atoms with Crippen molar-refractivity contribution < 1.29 is 14.3 Å². The Morgan fingerprint density at radius 3 is 2.46 bits per heavy atom. The number of anilines is 1. The molecule has 0 unspecified atom stereocenters. The first-order valence-electron chi connectivity index (χ1n) is 8.91. The van der Waals surface area contributed by atoms with Gasteiger partial charge in [0.15, 0.2) is 0 Å². The zero-order chi connectivity index (χ0) is 18.5. The van der Waals surface area contributed by atoms with E-state index in [1.54, 1.807) is 43.5 Å². The van der Waals surface area contributed by atoms with Gasteiger partial charge in [-0.05, 0) is 49.1 Å². The Bertz CT molecular complexity index is 795. The van der Waals surface area contributed by atoms with Crippen LogP contribution in [-0.2, 0) is 0 Å². The number of amides is 2. The maximum Gasteiger partial charge on any atom is 0.255 e. The van der Waals surface area contributed by atoms with Crippen molar-refractivity contribution in [3.63, 3.8) is 0 Å². The quantitative estimate of drug-likeness (QED) is 0.910. The molecule has 1 aliphatic heterocycles. The molecule has 1 fully saturated rings. The summed E-state index contributed by atoms with van der Waals surface area (Å²) in [5.41, 5.74) is 1.66. The lowest BCUT2D eigenvalue weighted by molar-refractivity contribution is 0.0697. The van der Waals surface area contributed by atoms with Crippen LogP contribution in [0.4, 0.5) is 5.69 Å². The van der Waals surface area contributed by atoms with Gasteiger partial charge in [0.1, 0.15) is 5.75 Å². The predicted molar refractivity (Wildman–Crippen MR) is 102 cm³/mol. The molecule has 2 aromatic rings. The number of benzene rings is 2. The van der Waals surface area contributed by atoms with Crippen molar-refractivity contribution in [2.75, 3.05) is 25.5 Å². The van der Waals surface area contributed by atoms with Crippen LogP contribution in [0.25, 0.3) is 0 Å². The van der Waals surface area contributed by atoms with Crippen molar-refractivity contribution in [1.82, 2.24) is 4.90 Å². The highest BCUT2D eigenvalue weighted by atomic mass is 16.5. The van der Waals surface area contributed by atoms with E-state index >= 15 is 0 Å². The van der Waals surface area contributed by atoms with E-state index in [1.165, 1.54) is 0 Å². The highest BCUT2D eigenvalue weighted by Gasteiger charge is 2.22. The Balaban J connectivity index is 1.71. The zero-order valence-electron chi connectivity index (χ0n) is 15.2. The molecule has 3 rings (SSSR count). The van der Waals surface area contributed by atoms with Crippen LogP contribution in [0.15, 0.2) is 48.5 Å². The van der Waals surface area contributed by atoms with Crippen LogP contribution in [-0.4, -0.2) is 36.9 Å². The summed E-state index contributed by atoms with van der Waals surface area (Å²) in [6.45, 7) is 3.77. The fourth-order valence-corrected chi connectivity index (χ4v) is 3.09. The molecule has 26 heavy (non-hydrogen) atoms. The van der Waals surface area contributed by atoms with Crippen LogP contribution in [0.1, 0.15) is 40.5 Å². The Morgan fingerprint density at radius 2 is 1.73 bits per heavy atom. The van der Waals surface area contributed by atoms with Gasteiger partial charge in [0.25, 0.3) is 11.8 Å². The Hall–Kier alpha value is -2.82. The number of hydrogen-bond donors (Lipinski definition) is 1. The second-order valence-corrected chi connectivity index (χ2v) is 6.74. The molecule has 0 saturated carbocycles. The molecule has 5 heteroatoms. The van der Waals surface area contributed by atoms with Crippen molar-refractivity contribution >= 4 is 17.5 Å². The number of hydrogen-bond acceptors (Lipinski definition) is 3. The molecular formula is C21H24N2O3. The first kappa shape index (κ1) is 18.0. The van der Waals surface area contributed by atoms with Gasteiger partial charge >= 0.3 is 0 Å². The van der Waals surface area contributed by atoms with Gasteiger partial charge in [0.05, 0.1) is 7.11 Å². The molecule has 1 heterocycles. The van der Waals surface area contributed by atoms with Crippen molar-refractivity contribution in [2.24, 2.45) is 5.92 Å². The van der Waals surface area contributed by atoms with E-state index in [2.05, 4.69) is 12.2 Å². The van der Waals surface area contributed by atoms with E-state index in [-0.39, 0.29) is 11.8 Å². The molecular weight excluding hydrogens is 328 g/mol. The van der Waals surface area contributed by atoms with E-state index in [9.17, 15) is 9.59 Å². The zero-order valence-corrected chi connectivity index (χ0v) is 15.2. The molecule has 0 spiro atoms. The van der Waals surface area contributed by atoms with Gasteiger partial charge in [0.2, 0.25) is 0 Å². The number of nitrogens with one attached hydrogen (secondary N) is 1. The number of ether oxygens (including phenoxy) is 1. The van der Waals surface area contributed by atoms with Crippen LogP contribution in [0.2, 0.25) is 0 Å². The number of methoxy groups -OCH3 is 1. The second kappa shape index (κ2) is 8.04. The summed E-state index contributed by atoms with van der Waals surface area (Å²) in [6.07, 6.45) is 2.06. The summed E-state index contributed by atoms with van der Waals surface area (Å²) in [5, 5.41) is 2.84. The first-order valence-corrected chi connectivity index (χ1v) is 8.91. The fourth-order valence-electron chi connectivity index (χ4n) is 3.09. The largest absolute Gasteiger partial charge is 0.497 e. The predicted octanol–water partition coefficient (Wildman–Crippen LogP) is 3.82. The summed E-state index contributed by atoms with van der Waals surface area (Å²) in [7, 11) is 1.58. The minimum absolute atomic E-state index is 0.00655. The average Bonchev–Trinajstić information content (AvgIpc) is 2.68. The smallest absolute Gasteiger partial charge is 0.255 e. The third kappa shape index (κ3) is 4.23. The molecule has 2 aromatic carbocycles. The monoisotopic (exact) mass is 352 g/mol. The fraction of sp³-hybridized carbons (Fsp3) is 0.333. The second-order valence-electron chi connectivity index (χ2n) is 6.74. The Labute approximate surface area is 154 Å². The van der Waals surface area contributed by atoms with Crippen molar-refractivity contribution in [3.8, 4) is 5.75 Å². The third-order valence-electron chi connectivity index (χ3n) is 4.77. The van der Waals surface area contributed by atoms with Crippen LogP contribution in [0.3, 0.4) is 0 Å². The molecule has 2 amide bonds. The minimum atomic E-state index is -0.250. The standard InChI is InChI=1S/C21H24N2O3/c1-15-9-11-23(12-10-15)21(25)17-6-3-5-16(13-17)20(24)22-18-7-4-8-19(14-18)26-2/h3-8,13-15H,9-12H2,1-2H3,(H,22,24). The molecule has 136 valence electrons. The lowest BCUT2D eigenvalue weighted by Crippen LogP contribution is -2.38. The van der Waals surface area contributed by atoms with E-state index in [0.29, 0.717) is 28.5 Å². The van der Waals surface area contributed by atoms with E-state index in [0.717, 1.165) is 25.9 Å². The molecule has 1 N–H and O–H groups in total. The summed E-state index contributed by atoms with van der Waals surface area (Å²) in [5.74, 6) is 1.08. The molecule has 0 atom stereocenters. The topological polar surface area (TPSA) is 58.6 Å². The summed E-state index contributed by atoms with van der Waals surface area (Å²) in [4.78, 5) is 27.1. The van der Waals surface area contributed by atoms with Crippen molar-refractivity contribution in [1.29, 1.82) is 0 Å². The molecule has 0 bridgehead atoms. The molecule has 1 aliphatic rings. The summed E-state index contributed by atoms with van der Waals surface area (Å²) in [6, 6.07) is 14.1. The van der Waals surface area contributed by atoms with Gasteiger partial charge in [-0.15, -0.1) is 0 Å². The average molecular weight is 352 g/mol. The number of carbonyl (C=O) groups is 2. The van der Waals surface area contributed by atoms with E-state index in [1.807, 2.05) is 17.0 Å². The minimum Gasteiger partial charge on any atom is -0.497 e. The normalized spacial score (nSPS) is 14.8. The summed E-state index contributed by atoms with van der Waals surface area (Å²) >= 11 is 0. The lowest BCUT2D eigenvalue weighted by atomic mass is 9.98. The Kier molecular flexibility index (Phi) is 5.56. The number of nitrogens with zero attached hydrogens (tertiary/aromatic N) is 1. The maximum atomic E-state index is 12.7. The third-order valence-corrected chi connectivity index (χ3v) is 4.77. The number of carbonyl (C=O) groups excluding carboxylic acids is 2. The van der Waals surface area contributed by atoms with Crippen molar-refractivity contribution in [2.45, 2.75) is 19.8 Å². The van der Waals surface area contributed by atoms with E-state index < -0.39 is 0 Å². The highest BCUT2D eigenvalue weighted by molar-refractivity contribution is 6.06. The highest BCUT2D eigenvalue weighted by Crippen LogP contribution is 2.20. The van der Waals surface area contributed by atoms with Gasteiger partial charge in [0, 0.05) is 36.0 Å². The lowest BCUT2D eigenvalue weighted by Gasteiger charge is -2.30. The van der Waals surface area contributed by atoms with Gasteiger partial charge < -0.3 is 15.0 Å². The number of rotatable bonds is 4. The molecule has 1 saturated heterocycles. The first-order chi connectivity index (χ1) is 12.6. The van der Waals surface area contributed by atoms with Crippen molar-refractivity contribution in [3.05, 3.63) is 59.7 Å². The molecule has 0 aliphatic carbocycles. The molecule has 0 aromatic heterocycles. The maximum absolute atomic E-state index is 12.7. The Morgan fingerprint density at radius 1 is 1.04 bits per heavy atom. The van der Waals surface area contributed by atoms with Crippen LogP contribution in [0.5, 0.6) is 5.75 Å². The van der Waals surface area contributed by atoms with E-state index in [4.69, 9.17) is 4.74 Å². The SMILES string of the molecule is COc1cccc(NC(=O)c2cccc(C(=O)N3CCC(C)CC3)c2)c1. The number of piperidine rings is 1. The molecule has 5 nitrogen and oxygen atoms in total. The van der Waals surface area contributed by atoms with Gasteiger partial charge in [-0.1, -0.05) is 19.1 Å². The summed E-state index contributed by atoms with van der Waals surface area (Å²) < 4.78 is 5.17. The molecule has 0 radical (unpaired) electrons.